The minimum absolute atomic E-state index is 0.105. The topological polar surface area (TPSA) is 68.8 Å². The van der Waals surface area contributed by atoms with Crippen LogP contribution in [-0.2, 0) is 16.1 Å². The zero-order valence-electron chi connectivity index (χ0n) is 14.8. The maximum Gasteiger partial charge on any atom is 0.319 e. The van der Waals surface area contributed by atoms with E-state index in [1.807, 2.05) is 55.5 Å². The van der Waals surface area contributed by atoms with Gasteiger partial charge in [-0.2, -0.15) is 0 Å². The van der Waals surface area contributed by atoms with Gasteiger partial charge in [0.05, 0.1) is 19.3 Å². The van der Waals surface area contributed by atoms with Gasteiger partial charge in [-0.15, -0.1) is 0 Å². The first-order chi connectivity index (χ1) is 12.7. The minimum atomic E-state index is -0.287. The highest BCUT2D eigenvalue weighted by molar-refractivity contribution is 5.89. The summed E-state index contributed by atoms with van der Waals surface area (Å²) in [5, 5.41) is 5.73. The fourth-order valence-electron chi connectivity index (χ4n) is 2.79. The van der Waals surface area contributed by atoms with E-state index in [0.717, 1.165) is 5.56 Å². The molecule has 138 valence electrons. The summed E-state index contributed by atoms with van der Waals surface area (Å²) in [6.45, 7) is 3.96. The van der Waals surface area contributed by atoms with Crippen molar-refractivity contribution in [1.29, 1.82) is 0 Å². The molecule has 3 rings (SSSR count). The Labute approximate surface area is 153 Å². The fraction of sp³-hybridized carbons (Fsp3) is 0.350. The summed E-state index contributed by atoms with van der Waals surface area (Å²) in [4.78, 5) is 12.2. The third-order valence-corrected chi connectivity index (χ3v) is 4.07. The Bertz CT molecular complexity index is 708. The van der Waals surface area contributed by atoms with E-state index in [2.05, 4.69) is 10.6 Å². The summed E-state index contributed by atoms with van der Waals surface area (Å²) in [6, 6.07) is 16.8. The molecule has 6 heteroatoms. The number of rotatable bonds is 7. The molecule has 2 aromatic carbocycles. The van der Waals surface area contributed by atoms with Crippen molar-refractivity contribution in [3.63, 3.8) is 0 Å². The van der Waals surface area contributed by atoms with Crippen molar-refractivity contribution in [2.45, 2.75) is 25.7 Å². The summed E-state index contributed by atoms with van der Waals surface area (Å²) in [7, 11) is 0. The second kappa shape index (κ2) is 9.22. The average Bonchev–Trinajstić information content (AvgIpc) is 3.08. The molecule has 6 nitrogen and oxygen atoms in total. The zero-order valence-corrected chi connectivity index (χ0v) is 14.8. The predicted octanol–water partition coefficient (Wildman–Crippen LogP) is 3.19. The largest absolute Gasteiger partial charge is 0.489 e. The van der Waals surface area contributed by atoms with Gasteiger partial charge in [0.1, 0.15) is 18.5 Å². The number of hydrogen-bond donors (Lipinski definition) is 2. The van der Waals surface area contributed by atoms with Crippen molar-refractivity contribution < 1.29 is 19.0 Å². The normalized spacial score (nSPS) is 19.1. The van der Waals surface area contributed by atoms with Crippen LogP contribution in [-0.4, -0.2) is 38.0 Å². The Kier molecular flexibility index (Phi) is 6.46. The van der Waals surface area contributed by atoms with Gasteiger partial charge in [-0.3, -0.25) is 0 Å². The van der Waals surface area contributed by atoms with Crippen LogP contribution in [0.3, 0.4) is 0 Å². The van der Waals surface area contributed by atoms with Crippen LogP contribution in [0.5, 0.6) is 5.75 Å². The van der Waals surface area contributed by atoms with E-state index >= 15 is 0 Å². The molecule has 2 atom stereocenters. The number of carbonyl (C=O) groups is 1. The summed E-state index contributed by atoms with van der Waals surface area (Å²) < 4.78 is 16.7. The lowest BCUT2D eigenvalue weighted by atomic mass is 10.2. The van der Waals surface area contributed by atoms with Gasteiger partial charge in [0.15, 0.2) is 0 Å². The highest BCUT2D eigenvalue weighted by Crippen LogP contribution is 2.19. The first kappa shape index (κ1) is 18.2. The van der Waals surface area contributed by atoms with Gasteiger partial charge < -0.3 is 24.8 Å². The van der Waals surface area contributed by atoms with E-state index in [1.54, 1.807) is 6.07 Å². The molecule has 0 radical (unpaired) electrons. The standard InChI is InChI=1S/C20H24N2O4/c1-2-25-19-14-24-13-18(19)22-20(23)21-16-9-6-10-17(11-16)26-12-15-7-4-3-5-8-15/h3-11,18-19H,2,12-14H2,1H3,(H2,21,22,23)/t18-,19-/m1/s1. The summed E-state index contributed by atoms with van der Waals surface area (Å²) in [5.41, 5.74) is 1.76. The molecule has 0 aliphatic carbocycles. The molecule has 0 bridgehead atoms. The van der Waals surface area contributed by atoms with Crippen LogP contribution in [0.2, 0.25) is 0 Å². The van der Waals surface area contributed by atoms with Crippen LogP contribution in [0.4, 0.5) is 10.5 Å². The second-order valence-corrected chi connectivity index (χ2v) is 6.04. The molecule has 1 aliphatic rings. The third kappa shape index (κ3) is 5.21. The van der Waals surface area contributed by atoms with Crippen molar-refractivity contribution in [3.8, 4) is 5.75 Å². The minimum Gasteiger partial charge on any atom is -0.489 e. The molecule has 0 spiro atoms. The highest BCUT2D eigenvalue weighted by Gasteiger charge is 2.30. The number of benzene rings is 2. The van der Waals surface area contributed by atoms with Gasteiger partial charge in [0, 0.05) is 18.4 Å². The van der Waals surface area contributed by atoms with E-state index in [4.69, 9.17) is 14.2 Å². The first-order valence-corrected chi connectivity index (χ1v) is 8.78. The number of urea groups is 1. The lowest BCUT2D eigenvalue weighted by Crippen LogP contribution is -2.45. The fourth-order valence-corrected chi connectivity index (χ4v) is 2.79. The highest BCUT2D eigenvalue weighted by atomic mass is 16.5. The van der Waals surface area contributed by atoms with Crippen LogP contribution in [0.15, 0.2) is 54.6 Å². The Balaban J connectivity index is 1.52. The predicted molar refractivity (Wildman–Crippen MR) is 99.4 cm³/mol. The van der Waals surface area contributed by atoms with Crippen LogP contribution in [0, 0.1) is 0 Å². The number of anilines is 1. The molecular weight excluding hydrogens is 332 g/mol. The lowest BCUT2D eigenvalue weighted by molar-refractivity contribution is 0.0428. The smallest absolute Gasteiger partial charge is 0.319 e. The molecule has 26 heavy (non-hydrogen) atoms. The van der Waals surface area contributed by atoms with Gasteiger partial charge in [0.2, 0.25) is 0 Å². The van der Waals surface area contributed by atoms with Crippen LogP contribution >= 0.6 is 0 Å². The van der Waals surface area contributed by atoms with Crippen molar-refractivity contribution in [1.82, 2.24) is 5.32 Å². The molecule has 2 N–H and O–H groups in total. The summed E-state index contributed by atoms with van der Waals surface area (Å²) in [5.74, 6) is 0.697. The molecule has 1 saturated heterocycles. The van der Waals surface area contributed by atoms with Crippen LogP contribution in [0.1, 0.15) is 12.5 Å². The van der Waals surface area contributed by atoms with E-state index in [0.29, 0.717) is 37.9 Å². The molecule has 0 aromatic heterocycles. The zero-order chi connectivity index (χ0) is 18.2. The van der Waals surface area contributed by atoms with Crippen molar-refractivity contribution >= 4 is 11.7 Å². The van der Waals surface area contributed by atoms with E-state index in [9.17, 15) is 4.79 Å². The van der Waals surface area contributed by atoms with Crippen molar-refractivity contribution in [2.24, 2.45) is 0 Å². The molecule has 0 saturated carbocycles. The average molecular weight is 356 g/mol. The molecule has 2 amide bonds. The SMILES string of the molecule is CCO[C@@H]1COC[C@H]1NC(=O)Nc1cccc(OCc2ccccc2)c1. The van der Waals surface area contributed by atoms with E-state index in [1.165, 1.54) is 0 Å². The van der Waals surface area contributed by atoms with Crippen molar-refractivity contribution in [3.05, 3.63) is 60.2 Å². The van der Waals surface area contributed by atoms with Crippen LogP contribution < -0.4 is 15.4 Å². The maximum absolute atomic E-state index is 12.2. The summed E-state index contributed by atoms with van der Waals surface area (Å²) in [6.07, 6.45) is -0.105. The third-order valence-electron chi connectivity index (χ3n) is 4.07. The lowest BCUT2D eigenvalue weighted by Gasteiger charge is -2.19. The summed E-state index contributed by atoms with van der Waals surface area (Å²) >= 11 is 0. The molecule has 1 fully saturated rings. The Hall–Kier alpha value is -2.57. The number of hydrogen-bond acceptors (Lipinski definition) is 4. The quantitative estimate of drug-likeness (QED) is 0.799. The maximum atomic E-state index is 12.2. The first-order valence-electron chi connectivity index (χ1n) is 8.78. The Morgan fingerprint density at radius 3 is 2.81 bits per heavy atom. The van der Waals surface area contributed by atoms with Gasteiger partial charge in [-0.1, -0.05) is 36.4 Å². The number of amides is 2. The monoisotopic (exact) mass is 356 g/mol. The number of ether oxygens (including phenoxy) is 3. The Morgan fingerprint density at radius 2 is 2.00 bits per heavy atom. The van der Waals surface area contributed by atoms with Gasteiger partial charge in [-0.25, -0.2) is 4.79 Å². The van der Waals surface area contributed by atoms with E-state index < -0.39 is 0 Å². The molecule has 1 heterocycles. The molecular formula is C20H24N2O4. The second-order valence-electron chi connectivity index (χ2n) is 6.04. The number of nitrogens with one attached hydrogen (secondary N) is 2. The van der Waals surface area contributed by atoms with Gasteiger partial charge >= 0.3 is 6.03 Å². The van der Waals surface area contributed by atoms with Gasteiger partial charge in [0.25, 0.3) is 0 Å². The van der Waals surface area contributed by atoms with Crippen molar-refractivity contribution in [2.75, 3.05) is 25.1 Å². The number of carbonyl (C=O) groups excluding carboxylic acids is 1. The van der Waals surface area contributed by atoms with Gasteiger partial charge in [-0.05, 0) is 24.6 Å². The molecule has 2 aromatic rings. The van der Waals surface area contributed by atoms with E-state index in [-0.39, 0.29) is 18.2 Å². The Morgan fingerprint density at radius 1 is 1.15 bits per heavy atom. The molecule has 0 unspecified atom stereocenters. The van der Waals surface area contributed by atoms with Crippen LogP contribution in [0.25, 0.3) is 0 Å². The molecule has 1 aliphatic heterocycles.